The largest absolute Gasteiger partial charge is 0.280 e. The quantitative estimate of drug-likeness (QED) is 0.886. The Morgan fingerprint density at radius 3 is 2.56 bits per heavy atom. The maximum atomic E-state index is 12.0. The molecule has 4 nitrogen and oxygen atoms in total. The molecule has 0 spiro atoms. The summed E-state index contributed by atoms with van der Waals surface area (Å²) in [6.07, 6.45) is 1.33. The number of sulfonamides is 1. The molecule has 7 heteroatoms. The number of benzene rings is 1. The van der Waals surface area contributed by atoms with Crippen LogP contribution in [-0.2, 0) is 10.0 Å². The van der Waals surface area contributed by atoms with Crippen LogP contribution in [0.4, 0.5) is 5.69 Å². The average molecular weight is 303 g/mol. The zero-order chi connectivity index (χ0) is 13.2. The Balaban J connectivity index is 2.33. The number of rotatable bonds is 3. The highest BCUT2D eigenvalue weighted by molar-refractivity contribution is 7.92. The molecular formula is C11H8Cl2N2O2S. The van der Waals surface area contributed by atoms with Crippen LogP contribution in [0.25, 0.3) is 0 Å². The van der Waals surface area contributed by atoms with Crippen LogP contribution in [0.5, 0.6) is 0 Å². The molecule has 0 saturated heterocycles. The van der Waals surface area contributed by atoms with Crippen molar-refractivity contribution < 1.29 is 8.42 Å². The minimum Gasteiger partial charge on any atom is -0.280 e. The molecule has 0 bridgehead atoms. The van der Waals surface area contributed by atoms with Gasteiger partial charge >= 0.3 is 0 Å². The molecule has 94 valence electrons. The van der Waals surface area contributed by atoms with E-state index in [1.807, 2.05) is 0 Å². The van der Waals surface area contributed by atoms with Crippen molar-refractivity contribution in [2.75, 3.05) is 4.72 Å². The minimum absolute atomic E-state index is 0.0440. The van der Waals surface area contributed by atoms with Crippen LogP contribution < -0.4 is 4.72 Å². The van der Waals surface area contributed by atoms with Gasteiger partial charge in [-0.1, -0.05) is 29.3 Å². The van der Waals surface area contributed by atoms with Crippen molar-refractivity contribution in [1.29, 1.82) is 0 Å². The Hall–Kier alpha value is -1.30. The van der Waals surface area contributed by atoms with Gasteiger partial charge in [0.1, 0.15) is 5.15 Å². The highest BCUT2D eigenvalue weighted by Crippen LogP contribution is 2.20. The van der Waals surface area contributed by atoms with Crippen molar-refractivity contribution in [3.8, 4) is 0 Å². The molecule has 0 atom stereocenters. The van der Waals surface area contributed by atoms with Crippen molar-refractivity contribution in [1.82, 2.24) is 4.98 Å². The molecule has 0 aliphatic heterocycles. The van der Waals surface area contributed by atoms with Crippen molar-refractivity contribution in [2.45, 2.75) is 4.90 Å². The molecular weight excluding hydrogens is 295 g/mol. The number of pyridine rings is 1. The van der Waals surface area contributed by atoms with Crippen LogP contribution in [0.15, 0.2) is 47.5 Å². The molecule has 0 aliphatic rings. The molecule has 0 fully saturated rings. The SMILES string of the molecule is O=S(=O)(Nc1cccc(Cl)c1)c1ccnc(Cl)c1. The number of nitrogens with one attached hydrogen (secondary N) is 1. The Morgan fingerprint density at radius 2 is 1.89 bits per heavy atom. The zero-order valence-electron chi connectivity index (χ0n) is 8.97. The van der Waals surface area contributed by atoms with Gasteiger partial charge in [0.2, 0.25) is 0 Å². The first-order chi connectivity index (χ1) is 8.47. The van der Waals surface area contributed by atoms with E-state index in [1.165, 1.54) is 24.4 Å². The van der Waals surface area contributed by atoms with Gasteiger partial charge in [0, 0.05) is 11.2 Å². The number of halogens is 2. The van der Waals surface area contributed by atoms with Crippen LogP contribution in [0.1, 0.15) is 0 Å². The fraction of sp³-hybridized carbons (Fsp3) is 0. The van der Waals surface area contributed by atoms with E-state index < -0.39 is 10.0 Å². The second-order valence-corrected chi connectivity index (χ2v) is 5.94. The summed E-state index contributed by atoms with van der Waals surface area (Å²) in [6.45, 7) is 0. The van der Waals surface area contributed by atoms with Gasteiger partial charge in [0.15, 0.2) is 0 Å². The van der Waals surface area contributed by atoms with Gasteiger partial charge in [-0.15, -0.1) is 0 Å². The maximum Gasteiger partial charge on any atom is 0.262 e. The molecule has 0 aliphatic carbocycles. The summed E-state index contributed by atoms with van der Waals surface area (Å²) >= 11 is 11.4. The molecule has 1 aromatic heterocycles. The lowest BCUT2D eigenvalue weighted by atomic mass is 10.3. The highest BCUT2D eigenvalue weighted by atomic mass is 35.5. The van der Waals surface area contributed by atoms with Gasteiger partial charge in [-0.25, -0.2) is 13.4 Å². The molecule has 18 heavy (non-hydrogen) atoms. The van der Waals surface area contributed by atoms with Crippen molar-refractivity contribution in [2.24, 2.45) is 0 Å². The Kier molecular flexibility index (Phi) is 3.75. The molecule has 1 heterocycles. The lowest BCUT2D eigenvalue weighted by molar-refractivity contribution is 0.601. The molecule has 0 amide bonds. The van der Waals surface area contributed by atoms with E-state index >= 15 is 0 Å². The van der Waals surface area contributed by atoms with E-state index in [1.54, 1.807) is 18.2 Å². The van der Waals surface area contributed by atoms with Gasteiger partial charge < -0.3 is 0 Å². The van der Waals surface area contributed by atoms with Gasteiger partial charge in [0.05, 0.1) is 10.6 Å². The third-order valence-corrected chi connectivity index (χ3v) is 3.91. The summed E-state index contributed by atoms with van der Waals surface area (Å²) in [4.78, 5) is 3.77. The van der Waals surface area contributed by atoms with Crippen LogP contribution in [0.3, 0.4) is 0 Å². The highest BCUT2D eigenvalue weighted by Gasteiger charge is 2.14. The van der Waals surface area contributed by atoms with E-state index in [4.69, 9.17) is 23.2 Å². The van der Waals surface area contributed by atoms with E-state index in [9.17, 15) is 8.42 Å². The Bertz CT molecular complexity index is 674. The summed E-state index contributed by atoms with van der Waals surface area (Å²) < 4.78 is 26.5. The number of hydrogen-bond donors (Lipinski definition) is 1. The summed E-state index contributed by atoms with van der Waals surface area (Å²) in [7, 11) is -3.69. The van der Waals surface area contributed by atoms with Crippen LogP contribution in [-0.4, -0.2) is 13.4 Å². The number of nitrogens with zero attached hydrogens (tertiary/aromatic N) is 1. The second kappa shape index (κ2) is 5.14. The lowest BCUT2D eigenvalue weighted by Gasteiger charge is -2.08. The van der Waals surface area contributed by atoms with E-state index in [2.05, 4.69) is 9.71 Å². The molecule has 2 aromatic rings. The van der Waals surface area contributed by atoms with Crippen LogP contribution in [0, 0.1) is 0 Å². The van der Waals surface area contributed by atoms with Crippen LogP contribution >= 0.6 is 23.2 Å². The minimum atomic E-state index is -3.69. The predicted octanol–water partition coefficient (Wildman–Crippen LogP) is 3.19. The third kappa shape index (κ3) is 3.13. The number of hydrogen-bond acceptors (Lipinski definition) is 3. The van der Waals surface area contributed by atoms with E-state index in [0.29, 0.717) is 10.7 Å². The molecule has 1 N–H and O–H groups in total. The Morgan fingerprint density at radius 1 is 1.11 bits per heavy atom. The fourth-order valence-corrected chi connectivity index (χ4v) is 2.81. The van der Waals surface area contributed by atoms with Crippen LogP contribution in [0.2, 0.25) is 10.2 Å². The van der Waals surface area contributed by atoms with Gasteiger partial charge in [0.25, 0.3) is 10.0 Å². The molecule has 2 rings (SSSR count). The van der Waals surface area contributed by atoms with Gasteiger partial charge in [-0.3, -0.25) is 4.72 Å². The molecule has 0 radical (unpaired) electrons. The van der Waals surface area contributed by atoms with Crippen molar-refractivity contribution >= 4 is 38.9 Å². The molecule has 0 unspecified atom stereocenters. The Labute approximate surface area is 115 Å². The predicted molar refractivity (Wildman–Crippen MR) is 71.5 cm³/mol. The monoisotopic (exact) mass is 302 g/mol. The van der Waals surface area contributed by atoms with Gasteiger partial charge in [-0.05, 0) is 30.3 Å². The topological polar surface area (TPSA) is 59.1 Å². The van der Waals surface area contributed by atoms with Crippen molar-refractivity contribution in [3.63, 3.8) is 0 Å². The first-order valence-corrected chi connectivity index (χ1v) is 7.11. The maximum absolute atomic E-state index is 12.0. The van der Waals surface area contributed by atoms with E-state index in [0.717, 1.165) is 0 Å². The normalized spacial score (nSPS) is 11.2. The lowest BCUT2D eigenvalue weighted by Crippen LogP contribution is -2.12. The molecule has 0 saturated carbocycles. The summed E-state index contributed by atoms with van der Waals surface area (Å²) in [5.74, 6) is 0. The van der Waals surface area contributed by atoms with Gasteiger partial charge in [-0.2, -0.15) is 0 Å². The summed E-state index contributed by atoms with van der Waals surface area (Å²) in [6, 6.07) is 9.06. The fourth-order valence-electron chi connectivity index (χ4n) is 1.32. The first-order valence-electron chi connectivity index (χ1n) is 4.87. The summed E-state index contributed by atoms with van der Waals surface area (Å²) in [5, 5.41) is 0.562. The first kappa shape index (κ1) is 13.1. The average Bonchev–Trinajstić information content (AvgIpc) is 2.28. The number of anilines is 1. The smallest absolute Gasteiger partial charge is 0.262 e. The third-order valence-electron chi connectivity index (χ3n) is 2.09. The molecule has 1 aromatic carbocycles. The van der Waals surface area contributed by atoms with Crippen molar-refractivity contribution in [3.05, 3.63) is 52.8 Å². The summed E-state index contributed by atoms with van der Waals surface area (Å²) in [5.41, 5.74) is 0.385. The zero-order valence-corrected chi connectivity index (χ0v) is 11.3. The van der Waals surface area contributed by atoms with E-state index in [-0.39, 0.29) is 10.0 Å². The number of aromatic nitrogens is 1. The second-order valence-electron chi connectivity index (χ2n) is 3.43. The standard InChI is InChI=1S/C11H8Cl2N2O2S/c12-8-2-1-3-9(6-8)15-18(16,17)10-4-5-14-11(13)7-10/h1-7,15H.